The van der Waals surface area contributed by atoms with Crippen LogP contribution in [0.15, 0.2) is 0 Å². The van der Waals surface area contributed by atoms with Gasteiger partial charge in [-0.3, -0.25) is 4.79 Å². The Bertz CT molecular complexity index is 245. The second kappa shape index (κ2) is 4.77. The third kappa shape index (κ3) is 2.11. The van der Waals surface area contributed by atoms with E-state index in [1.165, 1.54) is 19.3 Å². The number of hydrogen-bond acceptors (Lipinski definition) is 1. The number of aliphatic carboxylic acids is 1. The molecule has 16 heavy (non-hydrogen) atoms. The van der Waals surface area contributed by atoms with Crippen LogP contribution in [-0.4, -0.2) is 11.1 Å². The Balaban J connectivity index is 2.11. The Kier molecular flexibility index (Phi) is 3.56. The topological polar surface area (TPSA) is 37.3 Å². The maximum absolute atomic E-state index is 11.7. The van der Waals surface area contributed by atoms with Gasteiger partial charge in [0.25, 0.3) is 0 Å². The van der Waals surface area contributed by atoms with Crippen molar-refractivity contribution in [2.45, 2.75) is 64.7 Å². The van der Waals surface area contributed by atoms with E-state index in [2.05, 4.69) is 6.92 Å². The van der Waals surface area contributed by atoms with Crippen LogP contribution in [0.5, 0.6) is 0 Å². The van der Waals surface area contributed by atoms with E-state index in [0.29, 0.717) is 5.92 Å². The summed E-state index contributed by atoms with van der Waals surface area (Å²) in [5, 5.41) is 9.63. The molecule has 0 bridgehead atoms. The van der Waals surface area contributed by atoms with Gasteiger partial charge in [0, 0.05) is 0 Å². The van der Waals surface area contributed by atoms with Gasteiger partial charge < -0.3 is 5.11 Å². The Morgan fingerprint density at radius 1 is 1.06 bits per heavy atom. The summed E-state index contributed by atoms with van der Waals surface area (Å²) in [6, 6.07) is 0. The standard InChI is InChI=1S/C14H24O2/c1-11-7-9-14(10-8-11,13(15)16)12-5-3-2-4-6-12/h11-12H,2-10H2,1H3,(H,15,16). The van der Waals surface area contributed by atoms with Crippen LogP contribution in [0, 0.1) is 17.3 Å². The van der Waals surface area contributed by atoms with Crippen molar-refractivity contribution in [3.05, 3.63) is 0 Å². The molecule has 0 saturated heterocycles. The Morgan fingerprint density at radius 3 is 2.12 bits per heavy atom. The second-order valence-electron chi connectivity index (χ2n) is 5.98. The van der Waals surface area contributed by atoms with Crippen molar-refractivity contribution in [2.24, 2.45) is 17.3 Å². The summed E-state index contributed by atoms with van der Waals surface area (Å²) in [6.45, 7) is 2.26. The highest BCUT2D eigenvalue weighted by Crippen LogP contribution is 2.49. The second-order valence-corrected chi connectivity index (χ2v) is 5.98. The molecular formula is C14H24O2. The average Bonchev–Trinajstić information content (AvgIpc) is 2.31. The van der Waals surface area contributed by atoms with Gasteiger partial charge in [0.15, 0.2) is 0 Å². The van der Waals surface area contributed by atoms with Crippen LogP contribution in [0.3, 0.4) is 0 Å². The lowest BCUT2D eigenvalue weighted by Crippen LogP contribution is -2.42. The highest BCUT2D eigenvalue weighted by molar-refractivity contribution is 5.75. The first kappa shape index (κ1) is 11.9. The molecule has 92 valence electrons. The number of hydrogen-bond donors (Lipinski definition) is 1. The predicted octanol–water partition coefficient (Wildman–Crippen LogP) is 3.85. The summed E-state index contributed by atoms with van der Waals surface area (Å²) in [4.78, 5) is 11.7. The minimum absolute atomic E-state index is 0.354. The summed E-state index contributed by atoms with van der Waals surface area (Å²) in [7, 11) is 0. The van der Waals surface area contributed by atoms with Crippen LogP contribution < -0.4 is 0 Å². The molecule has 0 amide bonds. The van der Waals surface area contributed by atoms with Gasteiger partial charge in [-0.2, -0.15) is 0 Å². The number of carboxylic acid groups (broad SMARTS) is 1. The zero-order valence-corrected chi connectivity index (χ0v) is 10.4. The van der Waals surface area contributed by atoms with Crippen LogP contribution in [0.4, 0.5) is 0 Å². The van der Waals surface area contributed by atoms with E-state index in [0.717, 1.165) is 44.4 Å². The van der Waals surface area contributed by atoms with E-state index in [9.17, 15) is 9.90 Å². The summed E-state index contributed by atoms with van der Waals surface area (Å²) >= 11 is 0. The molecule has 0 unspecified atom stereocenters. The van der Waals surface area contributed by atoms with Gasteiger partial charge in [-0.15, -0.1) is 0 Å². The zero-order chi connectivity index (χ0) is 11.6. The summed E-state index contributed by atoms with van der Waals surface area (Å²) in [5.41, 5.74) is -0.354. The van der Waals surface area contributed by atoms with Gasteiger partial charge in [0.1, 0.15) is 0 Å². The zero-order valence-electron chi connectivity index (χ0n) is 10.4. The van der Waals surface area contributed by atoms with E-state index >= 15 is 0 Å². The van der Waals surface area contributed by atoms with E-state index < -0.39 is 5.97 Å². The molecule has 0 spiro atoms. The van der Waals surface area contributed by atoms with Crippen LogP contribution in [0.1, 0.15) is 64.7 Å². The molecule has 0 aliphatic heterocycles. The van der Waals surface area contributed by atoms with Crippen LogP contribution in [-0.2, 0) is 4.79 Å². The predicted molar refractivity (Wildman–Crippen MR) is 64.3 cm³/mol. The van der Waals surface area contributed by atoms with Crippen molar-refractivity contribution in [3.63, 3.8) is 0 Å². The maximum Gasteiger partial charge on any atom is 0.309 e. The minimum Gasteiger partial charge on any atom is -0.481 e. The quantitative estimate of drug-likeness (QED) is 0.773. The first-order valence-electron chi connectivity index (χ1n) is 6.88. The first-order valence-corrected chi connectivity index (χ1v) is 6.88. The van der Waals surface area contributed by atoms with Crippen molar-refractivity contribution >= 4 is 5.97 Å². The van der Waals surface area contributed by atoms with Crippen molar-refractivity contribution in [3.8, 4) is 0 Å². The average molecular weight is 224 g/mol. The first-order chi connectivity index (χ1) is 7.65. The number of rotatable bonds is 2. The smallest absolute Gasteiger partial charge is 0.309 e. The highest BCUT2D eigenvalue weighted by atomic mass is 16.4. The van der Waals surface area contributed by atoms with Gasteiger partial charge >= 0.3 is 5.97 Å². The van der Waals surface area contributed by atoms with Gasteiger partial charge in [-0.1, -0.05) is 26.2 Å². The number of carbonyl (C=O) groups is 1. The van der Waals surface area contributed by atoms with Crippen molar-refractivity contribution in [2.75, 3.05) is 0 Å². The summed E-state index contributed by atoms with van der Waals surface area (Å²) in [6.07, 6.45) is 10.2. The lowest BCUT2D eigenvalue weighted by atomic mass is 9.60. The molecule has 2 nitrogen and oxygen atoms in total. The van der Waals surface area contributed by atoms with Crippen LogP contribution in [0.25, 0.3) is 0 Å². The lowest BCUT2D eigenvalue weighted by molar-refractivity contribution is -0.157. The molecule has 2 aliphatic rings. The van der Waals surface area contributed by atoms with Crippen molar-refractivity contribution in [1.82, 2.24) is 0 Å². The van der Waals surface area contributed by atoms with Gasteiger partial charge in [0.05, 0.1) is 5.41 Å². The molecule has 0 radical (unpaired) electrons. The Labute approximate surface area is 98.4 Å². The fourth-order valence-electron chi connectivity index (χ4n) is 3.73. The highest BCUT2D eigenvalue weighted by Gasteiger charge is 2.47. The van der Waals surface area contributed by atoms with E-state index in [1.54, 1.807) is 0 Å². The molecular weight excluding hydrogens is 200 g/mol. The molecule has 0 aromatic rings. The molecule has 0 aromatic carbocycles. The minimum atomic E-state index is -0.508. The fraction of sp³-hybridized carbons (Fsp3) is 0.929. The van der Waals surface area contributed by atoms with E-state index in [-0.39, 0.29) is 5.41 Å². The molecule has 2 heteroatoms. The van der Waals surface area contributed by atoms with Crippen LogP contribution >= 0.6 is 0 Å². The molecule has 2 fully saturated rings. The fourth-order valence-corrected chi connectivity index (χ4v) is 3.73. The number of carboxylic acids is 1. The van der Waals surface area contributed by atoms with Crippen LogP contribution in [0.2, 0.25) is 0 Å². The molecule has 1 N–H and O–H groups in total. The van der Waals surface area contributed by atoms with Crippen molar-refractivity contribution in [1.29, 1.82) is 0 Å². The molecule has 0 atom stereocenters. The molecule has 2 aliphatic carbocycles. The molecule has 2 rings (SSSR count). The lowest BCUT2D eigenvalue weighted by Gasteiger charge is -2.43. The Hall–Kier alpha value is -0.530. The SMILES string of the molecule is CC1CCC(C(=O)O)(C2CCCCC2)CC1. The van der Waals surface area contributed by atoms with Gasteiger partial charge in [-0.25, -0.2) is 0 Å². The van der Waals surface area contributed by atoms with Gasteiger partial charge in [-0.05, 0) is 50.4 Å². The van der Waals surface area contributed by atoms with Gasteiger partial charge in [0.2, 0.25) is 0 Å². The normalized spacial score (nSPS) is 37.2. The Morgan fingerprint density at radius 2 is 1.62 bits per heavy atom. The summed E-state index contributed by atoms with van der Waals surface area (Å²) in [5.74, 6) is 0.689. The van der Waals surface area contributed by atoms with Crippen molar-refractivity contribution < 1.29 is 9.90 Å². The van der Waals surface area contributed by atoms with E-state index in [1.807, 2.05) is 0 Å². The van der Waals surface area contributed by atoms with E-state index in [4.69, 9.17) is 0 Å². The maximum atomic E-state index is 11.7. The third-order valence-corrected chi connectivity index (χ3v) is 4.98. The summed E-state index contributed by atoms with van der Waals surface area (Å²) < 4.78 is 0. The molecule has 0 heterocycles. The largest absolute Gasteiger partial charge is 0.481 e. The molecule has 0 aromatic heterocycles. The third-order valence-electron chi connectivity index (χ3n) is 4.98. The monoisotopic (exact) mass is 224 g/mol. The molecule has 2 saturated carbocycles.